The zero-order valence-electron chi connectivity index (χ0n) is 18.6. The summed E-state index contributed by atoms with van der Waals surface area (Å²) in [6, 6.07) is 12.5. The van der Waals surface area contributed by atoms with Gasteiger partial charge < -0.3 is 19.7 Å². The first-order valence-electron chi connectivity index (χ1n) is 10.8. The molecule has 2 aromatic rings. The molecule has 0 saturated carbocycles. The Morgan fingerprint density at radius 2 is 1.91 bits per heavy atom. The number of hydrogen-bond acceptors (Lipinski definition) is 7. The van der Waals surface area contributed by atoms with Crippen LogP contribution in [0.15, 0.2) is 47.4 Å². The number of nitrogens with one attached hydrogen (secondary N) is 1. The van der Waals surface area contributed by atoms with Crippen LogP contribution in [0.4, 0.5) is 16.2 Å². The van der Waals surface area contributed by atoms with Gasteiger partial charge >= 0.3 is 0 Å². The molecule has 2 aliphatic heterocycles. The summed E-state index contributed by atoms with van der Waals surface area (Å²) in [6.45, 7) is 4.93. The van der Waals surface area contributed by atoms with E-state index in [0.29, 0.717) is 41.8 Å². The van der Waals surface area contributed by atoms with Crippen LogP contribution in [0.5, 0.6) is 5.75 Å². The lowest BCUT2D eigenvalue weighted by Crippen LogP contribution is -2.36. The third kappa shape index (κ3) is 5.72. The molecule has 0 bridgehead atoms. The molecule has 4 rings (SSSR count). The molecule has 2 aliphatic rings. The van der Waals surface area contributed by atoms with Gasteiger partial charge in [-0.25, -0.2) is 0 Å². The SMILES string of the molecule is CCOc1ccc(Cl)cc1/C=C1/SC(=O)N(CC(=O)Nc2ccc(N3CCOCC3)cc2)C1=O. The van der Waals surface area contributed by atoms with E-state index in [1.807, 2.05) is 19.1 Å². The molecule has 0 atom stereocenters. The molecule has 0 unspecified atom stereocenters. The normalized spacial score (nSPS) is 17.4. The Morgan fingerprint density at radius 3 is 2.62 bits per heavy atom. The average molecular weight is 502 g/mol. The van der Waals surface area contributed by atoms with Gasteiger partial charge in [-0.05, 0) is 67.2 Å². The maximum Gasteiger partial charge on any atom is 0.294 e. The minimum absolute atomic E-state index is 0.205. The molecule has 0 aliphatic carbocycles. The minimum atomic E-state index is -0.532. The first kappa shape index (κ1) is 24.1. The number of amides is 3. The molecule has 0 spiro atoms. The lowest BCUT2D eigenvalue weighted by atomic mass is 10.2. The summed E-state index contributed by atoms with van der Waals surface area (Å²) in [6.07, 6.45) is 1.56. The number of ether oxygens (including phenoxy) is 2. The highest BCUT2D eigenvalue weighted by Crippen LogP contribution is 2.34. The molecule has 178 valence electrons. The van der Waals surface area contributed by atoms with Gasteiger partial charge in [0, 0.05) is 35.1 Å². The van der Waals surface area contributed by atoms with E-state index in [9.17, 15) is 14.4 Å². The standard InChI is InChI=1S/C24H24ClN3O5S/c1-2-33-20-8-3-17(25)13-16(20)14-21-23(30)28(24(31)34-21)15-22(29)26-18-4-6-19(7-5-18)27-9-11-32-12-10-27/h3-8,13-14H,2,9-12,15H2,1H3,(H,26,29)/b21-14+. The van der Waals surface area contributed by atoms with Crippen molar-refractivity contribution in [3.63, 3.8) is 0 Å². The van der Waals surface area contributed by atoms with Crippen LogP contribution in [0.25, 0.3) is 6.08 Å². The maximum absolute atomic E-state index is 12.8. The fourth-order valence-electron chi connectivity index (χ4n) is 3.62. The lowest BCUT2D eigenvalue weighted by Gasteiger charge is -2.28. The third-order valence-electron chi connectivity index (χ3n) is 5.26. The number of hydrogen-bond donors (Lipinski definition) is 1. The molecule has 0 aromatic heterocycles. The molecule has 3 amide bonds. The largest absolute Gasteiger partial charge is 0.493 e. The van der Waals surface area contributed by atoms with Crippen LogP contribution in [-0.2, 0) is 14.3 Å². The van der Waals surface area contributed by atoms with E-state index >= 15 is 0 Å². The van der Waals surface area contributed by atoms with Crippen LogP contribution in [0.2, 0.25) is 5.02 Å². The van der Waals surface area contributed by atoms with Gasteiger partial charge in [0.15, 0.2) is 0 Å². The summed E-state index contributed by atoms with van der Waals surface area (Å²) in [7, 11) is 0. The van der Waals surface area contributed by atoms with Gasteiger partial charge in [0.1, 0.15) is 12.3 Å². The molecular weight excluding hydrogens is 478 g/mol. The van der Waals surface area contributed by atoms with E-state index in [4.69, 9.17) is 21.1 Å². The van der Waals surface area contributed by atoms with Crippen LogP contribution < -0.4 is 15.0 Å². The summed E-state index contributed by atoms with van der Waals surface area (Å²) in [4.78, 5) is 41.2. The predicted molar refractivity (Wildman–Crippen MR) is 133 cm³/mol. The number of thioether (sulfide) groups is 1. The van der Waals surface area contributed by atoms with Crippen molar-refractivity contribution in [2.45, 2.75) is 6.92 Å². The summed E-state index contributed by atoms with van der Waals surface area (Å²) in [5, 5.41) is 2.72. The number of anilines is 2. The molecule has 2 saturated heterocycles. The van der Waals surface area contributed by atoms with Crippen molar-refractivity contribution < 1.29 is 23.9 Å². The highest BCUT2D eigenvalue weighted by Gasteiger charge is 2.36. The number of morpholine rings is 1. The number of imide groups is 1. The van der Waals surface area contributed by atoms with Crippen molar-refractivity contribution >= 4 is 57.9 Å². The van der Waals surface area contributed by atoms with Gasteiger partial charge in [-0.2, -0.15) is 0 Å². The van der Waals surface area contributed by atoms with Crippen molar-refractivity contribution in [3.05, 3.63) is 58.0 Å². The summed E-state index contributed by atoms with van der Waals surface area (Å²) >= 11 is 6.86. The first-order valence-corrected chi connectivity index (χ1v) is 12.0. The number of carbonyl (C=O) groups excluding carboxylic acids is 3. The predicted octanol–water partition coefficient (Wildman–Crippen LogP) is 4.25. The van der Waals surface area contributed by atoms with Crippen molar-refractivity contribution in [2.75, 3.05) is 49.7 Å². The Bertz CT molecular complexity index is 1120. The number of halogens is 1. The fraction of sp³-hybridized carbons (Fsp3) is 0.292. The smallest absolute Gasteiger partial charge is 0.294 e. The fourth-order valence-corrected chi connectivity index (χ4v) is 4.63. The first-order chi connectivity index (χ1) is 16.4. The Hall–Kier alpha value is -3.01. The quantitative estimate of drug-likeness (QED) is 0.567. The molecule has 0 radical (unpaired) electrons. The number of nitrogens with zero attached hydrogens (tertiary/aromatic N) is 2. The van der Waals surface area contributed by atoms with Gasteiger partial charge in [-0.15, -0.1) is 0 Å². The molecule has 2 heterocycles. The van der Waals surface area contributed by atoms with E-state index in [-0.39, 0.29) is 11.4 Å². The highest BCUT2D eigenvalue weighted by atomic mass is 35.5. The van der Waals surface area contributed by atoms with Gasteiger partial charge in [0.2, 0.25) is 5.91 Å². The zero-order chi connectivity index (χ0) is 24.1. The zero-order valence-corrected chi connectivity index (χ0v) is 20.2. The Morgan fingerprint density at radius 1 is 1.18 bits per heavy atom. The monoisotopic (exact) mass is 501 g/mol. The molecule has 8 nitrogen and oxygen atoms in total. The topological polar surface area (TPSA) is 88.2 Å². The van der Waals surface area contributed by atoms with Crippen molar-refractivity contribution in [3.8, 4) is 5.75 Å². The van der Waals surface area contributed by atoms with E-state index < -0.39 is 17.1 Å². The van der Waals surface area contributed by atoms with E-state index in [0.717, 1.165) is 35.4 Å². The Kier molecular flexibility index (Phi) is 7.77. The second-order valence-electron chi connectivity index (χ2n) is 7.58. The highest BCUT2D eigenvalue weighted by molar-refractivity contribution is 8.18. The maximum atomic E-state index is 12.8. The van der Waals surface area contributed by atoms with Gasteiger partial charge in [0.25, 0.3) is 11.1 Å². The van der Waals surface area contributed by atoms with Crippen LogP contribution in [-0.4, -0.2) is 61.4 Å². The van der Waals surface area contributed by atoms with E-state index in [1.165, 1.54) is 0 Å². The Labute approximate surface area is 206 Å². The molecule has 1 N–H and O–H groups in total. The molecule has 10 heteroatoms. The van der Waals surface area contributed by atoms with Gasteiger partial charge in [-0.1, -0.05) is 11.6 Å². The molecule has 34 heavy (non-hydrogen) atoms. The summed E-state index contributed by atoms with van der Waals surface area (Å²) in [5.74, 6) is -0.437. The second-order valence-corrected chi connectivity index (χ2v) is 9.01. The van der Waals surface area contributed by atoms with Crippen LogP contribution >= 0.6 is 23.4 Å². The minimum Gasteiger partial charge on any atom is -0.493 e. The molecular formula is C24H24ClN3O5S. The van der Waals surface area contributed by atoms with Crippen molar-refractivity contribution in [1.29, 1.82) is 0 Å². The number of carbonyl (C=O) groups is 3. The summed E-state index contributed by atoms with van der Waals surface area (Å²) < 4.78 is 10.9. The van der Waals surface area contributed by atoms with Crippen molar-refractivity contribution in [1.82, 2.24) is 4.90 Å². The number of rotatable bonds is 7. The second kappa shape index (κ2) is 10.9. The summed E-state index contributed by atoms with van der Waals surface area (Å²) in [5.41, 5.74) is 2.22. The van der Waals surface area contributed by atoms with Gasteiger partial charge in [-0.3, -0.25) is 19.3 Å². The molecule has 2 fully saturated rings. The van der Waals surface area contributed by atoms with Crippen molar-refractivity contribution in [2.24, 2.45) is 0 Å². The average Bonchev–Trinajstić information content (AvgIpc) is 3.09. The van der Waals surface area contributed by atoms with Gasteiger partial charge in [0.05, 0.1) is 24.7 Å². The van der Waals surface area contributed by atoms with Crippen LogP contribution in [0.1, 0.15) is 12.5 Å². The third-order valence-corrected chi connectivity index (χ3v) is 6.40. The Balaban J connectivity index is 1.40. The van der Waals surface area contributed by atoms with Crippen LogP contribution in [0, 0.1) is 0 Å². The lowest BCUT2D eigenvalue weighted by molar-refractivity contribution is -0.127. The molecule has 2 aromatic carbocycles. The van der Waals surface area contributed by atoms with E-state index in [1.54, 1.807) is 36.4 Å². The van der Waals surface area contributed by atoms with Crippen LogP contribution in [0.3, 0.4) is 0 Å². The number of benzene rings is 2. The van der Waals surface area contributed by atoms with E-state index in [2.05, 4.69) is 10.2 Å².